The molecule has 7 N–H and O–H groups in total. The number of methoxy groups -OCH3 is 3. The third kappa shape index (κ3) is 22.4. The number of fused-ring (bicyclic) bond motifs is 8. The monoisotopic (exact) mass is 1220 g/mol. The van der Waals surface area contributed by atoms with E-state index >= 15 is 0 Å². The molecule has 14 atom stereocenters. The Morgan fingerprint density at radius 2 is 1.61 bits per heavy atom. The summed E-state index contributed by atoms with van der Waals surface area (Å²) < 4.78 is 46.8. The summed E-state index contributed by atoms with van der Waals surface area (Å²) in [6.07, 6.45) is 4.52. The van der Waals surface area contributed by atoms with E-state index < -0.39 is 138 Å². The number of carboxylic acid groups (broad SMARTS) is 2. The van der Waals surface area contributed by atoms with E-state index in [0.717, 1.165) is 11.8 Å². The molecule has 3 amide bonds. The van der Waals surface area contributed by atoms with Crippen molar-refractivity contribution in [3.63, 3.8) is 0 Å². The van der Waals surface area contributed by atoms with Crippen LogP contribution >= 0.6 is 11.8 Å². The largest absolute Gasteiger partial charge is 0.480 e. The Morgan fingerprint density at radius 1 is 0.929 bits per heavy atom. The number of carboxylic acids is 2. The molecule has 0 fully saturated rings. The molecule has 4 rings (SSSR count). The number of nitrogens with one attached hydrogen (secondary N) is 2. The number of thioether (sulfide) groups is 1. The Labute approximate surface area is 496 Å². The van der Waals surface area contributed by atoms with Crippen molar-refractivity contribution in [2.24, 2.45) is 35.3 Å². The first kappa shape index (κ1) is 70.4. The number of aromatic nitrogens is 3. The fourth-order valence-corrected chi connectivity index (χ4v) is 10.8. The van der Waals surface area contributed by atoms with Crippen LogP contribution in [0.25, 0.3) is 29.2 Å². The van der Waals surface area contributed by atoms with Crippen molar-refractivity contribution >= 4 is 71.5 Å². The molecule has 0 aliphatic carbocycles. The van der Waals surface area contributed by atoms with E-state index in [1.54, 1.807) is 46.0 Å². The molecular weight excluding hydrogens is 1130 g/mol. The zero-order chi connectivity index (χ0) is 63.1. The summed E-state index contributed by atoms with van der Waals surface area (Å²) in [5.41, 5.74) is 6.24. The molecule has 470 valence electrons. The summed E-state index contributed by atoms with van der Waals surface area (Å²) in [6, 6.07) is -2.82. The van der Waals surface area contributed by atoms with Crippen molar-refractivity contribution in [2.45, 2.75) is 153 Å². The number of nitrogens with two attached hydrogens (primary N) is 1. The number of cyclic esters (lactones) is 1. The highest BCUT2D eigenvalue weighted by Crippen LogP contribution is 2.34. The van der Waals surface area contributed by atoms with Gasteiger partial charge in [-0.15, -0.1) is 0 Å². The Hall–Kier alpha value is -7.11. The molecule has 0 spiro atoms. The number of amides is 3. The van der Waals surface area contributed by atoms with E-state index in [2.05, 4.69) is 25.6 Å². The highest BCUT2D eigenvalue weighted by atomic mass is 32.2. The first-order valence-electron chi connectivity index (χ1n) is 27.8. The fourth-order valence-electron chi connectivity index (χ4n) is 9.50. The maximum Gasteiger partial charge on any atom is 0.322 e. The quantitative estimate of drug-likeness (QED) is 0.0450. The number of hydrogen-bond donors (Lipinski definition) is 6. The van der Waals surface area contributed by atoms with Gasteiger partial charge in [0.25, 0.3) is 0 Å². The number of carbonyl (C=O) groups is 9. The van der Waals surface area contributed by atoms with Gasteiger partial charge in [0.2, 0.25) is 35.9 Å². The lowest BCUT2D eigenvalue weighted by atomic mass is 9.84. The Morgan fingerprint density at radius 3 is 2.26 bits per heavy atom. The van der Waals surface area contributed by atoms with Crippen molar-refractivity contribution in [1.82, 2.24) is 30.5 Å². The maximum absolute atomic E-state index is 14.4. The van der Waals surface area contributed by atoms with E-state index in [9.17, 15) is 58.5 Å². The number of ketones is 2. The van der Waals surface area contributed by atoms with Crippen molar-refractivity contribution < 1.29 is 95.4 Å². The number of nitrogens with zero attached hydrogens (tertiary/aromatic N) is 4. The van der Waals surface area contributed by atoms with Crippen LogP contribution in [-0.4, -0.2) is 177 Å². The van der Waals surface area contributed by atoms with Gasteiger partial charge in [-0.25, -0.2) is 15.0 Å². The van der Waals surface area contributed by atoms with Gasteiger partial charge in [-0.2, -0.15) is 11.8 Å². The van der Waals surface area contributed by atoms with E-state index in [1.807, 2.05) is 13.8 Å². The van der Waals surface area contributed by atoms with Gasteiger partial charge >= 0.3 is 23.9 Å². The number of carbonyl (C=O) groups excluding carboxylic acids is 7. The molecule has 28 heteroatoms. The Balaban J connectivity index is 1.70. The SMILES string of the molecule is COC(CC1OC(=O)CC(O)CC(SC[C@H](NC(=O)CC[C@H](N)C(=O)O)C(=O)NCC(=O)O)CC(=O)C(C)C(OC)c2coc(n2)-c2coc(n2)-c2coc(n2)/C=C/CC(OC)C1C)C(C)CCC(=O)C(C)C(OC(C)=O)C(C)/C=C/N(C)C=O. The van der Waals surface area contributed by atoms with Gasteiger partial charge in [0.15, 0.2) is 11.4 Å². The topological polar surface area (TPSA) is 392 Å². The lowest BCUT2D eigenvalue weighted by Gasteiger charge is -2.34. The lowest BCUT2D eigenvalue weighted by molar-refractivity contribution is -0.160. The average Bonchev–Trinajstić information content (AvgIpc) is 3.93. The van der Waals surface area contributed by atoms with E-state index in [1.165, 1.54) is 58.1 Å². The standard InChI is InChI=1S/C57H81N7O20S/c1-30(14-16-43(68)32(3)52(83-35(6)66)31(2)18-19-64(7)29-65)46(78-9)23-47-34(5)45(77-8)12-11-13-49-61-40(26-80-49)55-63-41(27-82-55)56-62-39(25-81-56)53(79-10)33(4)44(69)22-37(20-36(67)21-51(73)84-47)85-28-42(54(74)59-24-50(71)72)60-48(70)17-15-38(58)57(75)76/h11,13,18-19,25-27,29-34,36-38,42,45-47,52-53,67H,12,14-17,20-24,28,58H2,1-10H3,(H,59,74)(H,60,70)(H,71,72)(H,75,76)/b13-11+,19-18+/t30?,31?,32?,33?,34?,36?,37?,38-,42-,45?,46?,47?,52?,53?/m0/s1. The Kier molecular flexibility index (Phi) is 28.8. The third-order valence-electron chi connectivity index (χ3n) is 14.7. The van der Waals surface area contributed by atoms with Crippen LogP contribution < -0.4 is 16.4 Å². The van der Waals surface area contributed by atoms with Crippen molar-refractivity contribution in [3.8, 4) is 23.2 Å². The molecule has 0 saturated heterocycles. The summed E-state index contributed by atoms with van der Waals surface area (Å²) >= 11 is 0.968. The maximum atomic E-state index is 14.4. The van der Waals surface area contributed by atoms with Crippen molar-refractivity contribution in [1.29, 1.82) is 0 Å². The zero-order valence-corrected chi connectivity index (χ0v) is 50.4. The van der Waals surface area contributed by atoms with Crippen LogP contribution in [0.15, 0.2) is 50.4 Å². The number of ether oxygens (including phenoxy) is 5. The summed E-state index contributed by atoms with van der Waals surface area (Å²) in [5.74, 6) is -9.42. The van der Waals surface area contributed by atoms with Gasteiger partial charge in [-0.05, 0) is 37.7 Å². The number of oxazole rings is 3. The number of rotatable bonds is 27. The summed E-state index contributed by atoms with van der Waals surface area (Å²) in [6.45, 7) is 9.17. The normalized spacial score (nSPS) is 22.8. The van der Waals surface area contributed by atoms with Gasteiger partial charge in [-0.1, -0.05) is 46.8 Å². The minimum absolute atomic E-state index is 0.0279. The second-order valence-corrected chi connectivity index (χ2v) is 22.5. The summed E-state index contributed by atoms with van der Waals surface area (Å²) in [5, 5.41) is 34.1. The smallest absolute Gasteiger partial charge is 0.322 e. The Bertz CT molecular complexity index is 2760. The van der Waals surface area contributed by atoms with E-state index in [4.69, 9.17) is 42.7 Å². The minimum atomic E-state index is -1.48. The molecule has 6 bridgehead atoms. The van der Waals surface area contributed by atoms with Crippen LogP contribution in [0.4, 0.5) is 0 Å². The number of Topliss-reactive ketones (excluding diaryl/α,β-unsaturated/α-hetero) is 2. The molecule has 1 aliphatic heterocycles. The number of hydrogen-bond acceptors (Lipinski definition) is 23. The number of aliphatic hydroxyl groups is 1. The highest BCUT2D eigenvalue weighted by Gasteiger charge is 2.37. The first-order valence-corrected chi connectivity index (χ1v) is 28.8. The predicted octanol–water partition coefficient (Wildman–Crippen LogP) is 4.56. The van der Waals surface area contributed by atoms with Crippen LogP contribution in [0.3, 0.4) is 0 Å². The zero-order valence-electron chi connectivity index (χ0n) is 49.5. The van der Waals surface area contributed by atoms with Crippen LogP contribution in [0.5, 0.6) is 0 Å². The molecule has 3 aromatic rings. The lowest BCUT2D eigenvalue weighted by Crippen LogP contribution is -2.49. The third-order valence-corrected chi connectivity index (χ3v) is 16.0. The average molecular weight is 1220 g/mol. The number of esters is 2. The van der Waals surface area contributed by atoms with Crippen LogP contribution in [0.1, 0.15) is 117 Å². The second kappa shape index (κ2) is 34.7. The predicted molar refractivity (Wildman–Crippen MR) is 304 cm³/mol. The molecule has 1 aliphatic rings. The first-order chi connectivity index (χ1) is 40.3. The van der Waals surface area contributed by atoms with E-state index in [0.29, 0.717) is 12.8 Å². The van der Waals surface area contributed by atoms with Crippen LogP contribution in [-0.2, 0) is 66.8 Å². The van der Waals surface area contributed by atoms with Crippen molar-refractivity contribution in [2.75, 3.05) is 40.7 Å². The van der Waals surface area contributed by atoms with Gasteiger partial charge in [0.1, 0.15) is 73.0 Å². The molecule has 0 aromatic carbocycles. The highest BCUT2D eigenvalue weighted by molar-refractivity contribution is 8.00. The van der Waals surface area contributed by atoms with E-state index in [-0.39, 0.29) is 90.7 Å². The van der Waals surface area contributed by atoms with Gasteiger partial charge in [0, 0.05) is 95.9 Å². The molecule has 0 saturated carbocycles. The fraction of sp³-hybridized carbons (Fsp3) is 0.614. The molecule has 85 heavy (non-hydrogen) atoms. The number of aliphatic hydroxyl groups excluding tert-OH is 1. The molecule has 0 radical (unpaired) electrons. The van der Waals surface area contributed by atoms with Gasteiger partial charge in [-0.3, -0.25) is 43.2 Å². The summed E-state index contributed by atoms with van der Waals surface area (Å²) in [7, 11) is 5.89. The molecule has 4 heterocycles. The molecule has 12 unspecified atom stereocenters. The second-order valence-electron chi connectivity index (χ2n) is 21.2. The number of aliphatic carboxylic acids is 2. The minimum Gasteiger partial charge on any atom is -0.480 e. The van der Waals surface area contributed by atoms with Crippen LogP contribution in [0.2, 0.25) is 0 Å². The molecule has 27 nitrogen and oxygen atoms in total. The van der Waals surface area contributed by atoms with Crippen LogP contribution in [0, 0.1) is 29.6 Å². The van der Waals surface area contributed by atoms with Crippen molar-refractivity contribution in [3.05, 3.63) is 48.7 Å². The summed E-state index contributed by atoms with van der Waals surface area (Å²) in [4.78, 5) is 130. The molecular formula is C57H81N7O20S. The molecule has 3 aromatic heterocycles. The van der Waals surface area contributed by atoms with Gasteiger partial charge < -0.3 is 73.5 Å². The van der Waals surface area contributed by atoms with Gasteiger partial charge in [0.05, 0.1) is 30.7 Å².